The molecule has 0 spiro atoms. The molecule has 3 fully saturated rings. The van der Waals surface area contributed by atoms with E-state index in [1.807, 2.05) is 0 Å². The SMILES string of the molecule is O=C(Cc1ccc(OCCCC2CCN(C3NCC(Cl)CN3)CC2)cc1F)N1CC(CCNCC(O)C(O)C(O)[C@H](O)CO)C1. The minimum atomic E-state index is -1.65. The van der Waals surface area contributed by atoms with Crippen LogP contribution in [0.15, 0.2) is 18.2 Å². The lowest BCUT2D eigenvalue weighted by Gasteiger charge is -2.41. The smallest absolute Gasteiger partial charge is 0.227 e. The van der Waals surface area contributed by atoms with Gasteiger partial charge in [-0.1, -0.05) is 6.07 Å². The number of likely N-dealkylation sites (tertiary alicyclic amines) is 2. The molecule has 0 aliphatic carbocycles. The predicted molar refractivity (Wildman–Crippen MR) is 167 cm³/mol. The molecule has 8 N–H and O–H groups in total. The lowest BCUT2D eigenvalue weighted by Crippen LogP contribution is -2.62. The van der Waals surface area contributed by atoms with Gasteiger partial charge in [0.25, 0.3) is 0 Å². The number of hydrogen-bond acceptors (Lipinski definition) is 11. The van der Waals surface area contributed by atoms with Crippen molar-refractivity contribution in [1.29, 1.82) is 0 Å². The van der Waals surface area contributed by atoms with Crippen LogP contribution in [0, 0.1) is 17.7 Å². The van der Waals surface area contributed by atoms with Gasteiger partial charge in [-0.05, 0) is 62.1 Å². The maximum atomic E-state index is 14.8. The molecule has 3 aliphatic rings. The fraction of sp³-hybridized carbons (Fsp3) is 0.774. The molecule has 4 rings (SSSR count). The number of aliphatic hydroxyl groups excluding tert-OH is 5. The van der Waals surface area contributed by atoms with Gasteiger partial charge in [0.2, 0.25) is 5.91 Å². The van der Waals surface area contributed by atoms with Crippen molar-refractivity contribution < 1.29 is 39.5 Å². The third-order valence-electron chi connectivity index (χ3n) is 9.19. The molecular weight excluding hydrogens is 609 g/mol. The minimum Gasteiger partial charge on any atom is -0.493 e. The normalized spacial score (nSPS) is 24.6. The fourth-order valence-electron chi connectivity index (χ4n) is 6.18. The summed E-state index contributed by atoms with van der Waals surface area (Å²) in [7, 11) is 0. The summed E-state index contributed by atoms with van der Waals surface area (Å²) in [6.07, 6.45) is -0.886. The number of amides is 1. The summed E-state index contributed by atoms with van der Waals surface area (Å²) in [6, 6.07) is 4.70. The zero-order valence-electron chi connectivity index (χ0n) is 25.9. The van der Waals surface area contributed by atoms with Crippen molar-refractivity contribution in [2.24, 2.45) is 11.8 Å². The highest BCUT2D eigenvalue weighted by Gasteiger charge is 2.32. The second kappa shape index (κ2) is 18.0. The van der Waals surface area contributed by atoms with Crippen molar-refractivity contribution in [1.82, 2.24) is 25.8 Å². The highest BCUT2D eigenvalue weighted by atomic mass is 35.5. The van der Waals surface area contributed by atoms with E-state index in [0.29, 0.717) is 43.5 Å². The van der Waals surface area contributed by atoms with Gasteiger partial charge in [0.15, 0.2) is 0 Å². The monoisotopic (exact) mass is 659 g/mol. The lowest BCUT2D eigenvalue weighted by molar-refractivity contribution is -0.136. The Morgan fingerprint density at radius 2 is 1.73 bits per heavy atom. The molecule has 1 amide bonds. The van der Waals surface area contributed by atoms with Crippen LogP contribution in [0.25, 0.3) is 0 Å². The molecule has 3 saturated heterocycles. The first-order chi connectivity index (χ1) is 21.6. The summed E-state index contributed by atoms with van der Waals surface area (Å²) in [5.41, 5.74) is 0.341. The maximum absolute atomic E-state index is 14.8. The van der Waals surface area contributed by atoms with Gasteiger partial charge < -0.3 is 40.5 Å². The van der Waals surface area contributed by atoms with Crippen LogP contribution in [-0.4, -0.2) is 143 Å². The first-order valence-corrected chi connectivity index (χ1v) is 16.7. The molecule has 0 saturated carbocycles. The van der Waals surface area contributed by atoms with Crippen LogP contribution < -0.4 is 20.7 Å². The highest BCUT2D eigenvalue weighted by molar-refractivity contribution is 6.21. The average molecular weight is 660 g/mol. The number of ether oxygens (including phenoxy) is 1. The maximum Gasteiger partial charge on any atom is 0.227 e. The molecule has 1 aromatic carbocycles. The van der Waals surface area contributed by atoms with Gasteiger partial charge in [-0.25, -0.2) is 4.39 Å². The summed E-state index contributed by atoms with van der Waals surface area (Å²) in [5, 5.41) is 57.7. The summed E-state index contributed by atoms with van der Waals surface area (Å²) in [5.74, 6) is 0.822. The van der Waals surface area contributed by atoms with Crippen LogP contribution in [0.4, 0.5) is 4.39 Å². The topological polar surface area (TPSA) is 170 Å². The number of rotatable bonds is 17. The van der Waals surface area contributed by atoms with Crippen LogP contribution >= 0.6 is 11.6 Å². The molecule has 3 heterocycles. The Morgan fingerprint density at radius 3 is 2.40 bits per heavy atom. The largest absolute Gasteiger partial charge is 0.493 e. The Kier molecular flexibility index (Phi) is 14.5. The molecule has 0 bridgehead atoms. The standard InChI is InChI=1S/C31H51ClFN5O7/c32-23-14-35-31(36-15-23)37-9-6-20(7-10-37)2-1-11-45-24-4-3-22(25(33)13-24)12-28(42)38-17-21(18-38)5-8-34-16-26(40)29(43)30(44)27(41)19-39/h3-4,13,20-21,23,26-27,29-31,34-36,39-41,43-44H,1-2,5-12,14-19H2/t23?,26?,27-,29?,30?,31?/m1/s1. The molecular formula is C31H51ClFN5O7. The number of halogens is 2. The highest BCUT2D eigenvalue weighted by Crippen LogP contribution is 2.25. The number of carbonyl (C=O) groups is 1. The molecule has 12 nitrogen and oxygen atoms in total. The van der Waals surface area contributed by atoms with Crippen LogP contribution in [0.5, 0.6) is 5.75 Å². The van der Waals surface area contributed by atoms with Gasteiger partial charge >= 0.3 is 0 Å². The van der Waals surface area contributed by atoms with Gasteiger partial charge in [0, 0.05) is 51.9 Å². The van der Waals surface area contributed by atoms with Crippen LogP contribution in [0.2, 0.25) is 0 Å². The number of hydrogen-bond donors (Lipinski definition) is 8. The Balaban J connectivity index is 1.05. The van der Waals surface area contributed by atoms with Crippen LogP contribution in [0.3, 0.4) is 0 Å². The van der Waals surface area contributed by atoms with E-state index >= 15 is 0 Å². The van der Waals surface area contributed by atoms with Crippen molar-refractivity contribution >= 4 is 17.5 Å². The van der Waals surface area contributed by atoms with Crippen molar-refractivity contribution in [2.45, 2.75) is 74.6 Å². The molecule has 1 aromatic rings. The van der Waals surface area contributed by atoms with E-state index in [9.17, 15) is 29.6 Å². The minimum absolute atomic E-state index is 0.00296. The average Bonchev–Trinajstić information content (AvgIpc) is 3.02. The van der Waals surface area contributed by atoms with Gasteiger partial charge in [-0.2, -0.15) is 0 Å². The first kappa shape index (κ1) is 36.2. The number of alkyl halides is 1. The Hall–Kier alpha value is -1.65. The van der Waals surface area contributed by atoms with E-state index in [2.05, 4.69) is 20.9 Å². The summed E-state index contributed by atoms with van der Waals surface area (Å²) in [6.45, 7) is 5.20. The van der Waals surface area contributed by atoms with Crippen LogP contribution in [0.1, 0.15) is 37.7 Å². The Bertz CT molecular complexity index is 1040. The van der Waals surface area contributed by atoms with Crippen molar-refractivity contribution in [3.63, 3.8) is 0 Å². The summed E-state index contributed by atoms with van der Waals surface area (Å²) in [4.78, 5) is 16.8. The lowest BCUT2D eigenvalue weighted by atomic mass is 9.92. The third-order valence-corrected chi connectivity index (χ3v) is 9.50. The molecule has 0 aromatic heterocycles. The molecule has 3 unspecified atom stereocenters. The van der Waals surface area contributed by atoms with Crippen molar-refractivity contribution in [3.05, 3.63) is 29.6 Å². The number of carbonyl (C=O) groups excluding carboxylic acids is 1. The van der Waals surface area contributed by atoms with Crippen molar-refractivity contribution in [2.75, 3.05) is 65.6 Å². The zero-order valence-corrected chi connectivity index (χ0v) is 26.6. The fourth-order valence-corrected chi connectivity index (χ4v) is 6.35. The second-order valence-electron chi connectivity index (χ2n) is 12.7. The van der Waals surface area contributed by atoms with E-state index in [1.54, 1.807) is 17.0 Å². The van der Waals surface area contributed by atoms with Gasteiger partial charge in [0.1, 0.15) is 36.2 Å². The van der Waals surface area contributed by atoms with Gasteiger partial charge in [-0.3, -0.25) is 20.3 Å². The van der Waals surface area contributed by atoms with E-state index in [4.69, 9.17) is 21.4 Å². The van der Waals surface area contributed by atoms with E-state index in [0.717, 1.165) is 58.3 Å². The number of nitrogens with zero attached hydrogens (tertiary/aromatic N) is 2. The Labute approximate surface area is 269 Å². The molecule has 3 aliphatic heterocycles. The Morgan fingerprint density at radius 1 is 1.04 bits per heavy atom. The zero-order chi connectivity index (χ0) is 32.3. The predicted octanol–water partition coefficient (Wildman–Crippen LogP) is -0.803. The van der Waals surface area contributed by atoms with E-state index < -0.39 is 36.8 Å². The van der Waals surface area contributed by atoms with Crippen molar-refractivity contribution in [3.8, 4) is 5.75 Å². The molecule has 4 atom stereocenters. The third kappa shape index (κ3) is 11.0. The number of benzene rings is 1. The number of piperidine rings is 1. The summed E-state index contributed by atoms with van der Waals surface area (Å²) >= 11 is 6.15. The van der Waals surface area contributed by atoms with Gasteiger partial charge in [0.05, 0.1) is 31.1 Å². The molecule has 0 radical (unpaired) electrons. The van der Waals surface area contributed by atoms with Crippen LogP contribution in [-0.2, 0) is 11.2 Å². The summed E-state index contributed by atoms with van der Waals surface area (Å²) < 4.78 is 20.6. The van der Waals surface area contributed by atoms with E-state index in [-0.39, 0.29) is 36.5 Å². The molecule has 45 heavy (non-hydrogen) atoms. The van der Waals surface area contributed by atoms with E-state index in [1.165, 1.54) is 6.07 Å². The number of nitrogens with one attached hydrogen (secondary N) is 3. The first-order valence-electron chi connectivity index (χ1n) is 16.2. The second-order valence-corrected chi connectivity index (χ2v) is 13.3. The number of aliphatic hydroxyl groups is 5. The quantitative estimate of drug-likeness (QED) is 0.0778. The molecule has 256 valence electrons. The van der Waals surface area contributed by atoms with Gasteiger partial charge in [-0.15, -0.1) is 11.6 Å². The molecule has 14 heteroatoms.